The molecule has 0 aliphatic heterocycles. The minimum atomic E-state index is -0.266. The first-order chi connectivity index (χ1) is 15.7. The second-order valence-corrected chi connectivity index (χ2v) is 8.05. The predicted molar refractivity (Wildman–Crippen MR) is 128 cm³/mol. The molecule has 0 fully saturated rings. The highest BCUT2D eigenvalue weighted by molar-refractivity contribution is 7.98. The number of pyridine rings is 2. The largest absolute Gasteiger partial charge is 0.364 e. The molecule has 3 heterocycles. The number of aromatic nitrogens is 4. The molecule has 0 amide bonds. The monoisotopic (exact) mass is 441 g/mol. The summed E-state index contributed by atoms with van der Waals surface area (Å²) in [4.78, 5) is 17.2. The molecule has 0 aliphatic carbocycles. The van der Waals surface area contributed by atoms with Gasteiger partial charge in [-0.3, -0.25) is 4.98 Å². The smallest absolute Gasteiger partial charge is 0.166 e. The van der Waals surface area contributed by atoms with Gasteiger partial charge in [-0.1, -0.05) is 36.0 Å². The summed E-state index contributed by atoms with van der Waals surface area (Å²) in [5, 5.41) is 5.27. The van der Waals surface area contributed by atoms with Gasteiger partial charge in [-0.25, -0.2) is 14.4 Å². The number of nitrogens with one attached hydrogen (secondary N) is 2. The van der Waals surface area contributed by atoms with Gasteiger partial charge in [-0.05, 0) is 54.8 Å². The van der Waals surface area contributed by atoms with E-state index in [-0.39, 0.29) is 5.82 Å². The number of rotatable bonds is 6. The minimum Gasteiger partial charge on any atom is -0.364 e. The maximum atomic E-state index is 13.4. The molecule has 5 nitrogen and oxygen atoms in total. The first-order valence-electron chi connectivity index (χ1n) is 10.1. The molecule has 0 saturated carbocycles. The third kappa shape index (κ3) is 4.20. The van der Waals surface area contributed by atoms with Crippen LogP contribution in [0.2, 0.25) is 0 Å². The molecule has 0 aliphatic rings. The predicted octanol–water partition coefficient (Wildman–Crippen LogP) is 6.16. The number of benzene rings is 2. The van der Waals surface area contributed by atoms with Gasteiger partial charge in [-0.2, -0.15) is 0 Å². The van der Waals surface area contributed by atoms with Gasteiger partial charge in [0.15, 0.2) is 5.16 Å². The molecule has 0 radical (unpaired) electrons. The number of para-hydroxylation sites is 1. The van der Waals surface area contributed by atoms with Gasteiger partial charge >= 0.3 is 0 Å². The fraction of sp³-hybridized carbons (Fsp3) is 0.0800. The van der Waals surface area contributed by atoms with E-state index in [1.165, 1.54) is 23.9 Å². The van der Waals surface area contributed by atoms with E-state index in [0.29, 0.717) is 6.54 Å². The van der Waals surface area contributed by atoms with E-state index in [4.69, 9.17) is 9.97 Å². The lowest BCUT2D eigenvalue weighted by Crippen LogP contribution is -2.03. The van der Waals surface area contributed by atoms with E-state index in [2.05, 4.69) is 27.4 Å². The molecule has 0 saturated heterocycles. The number of aromatic amines is 1. The molecular weight excluding hydrogens is 421 g/mol. The summed E-state index contributed by atoms with van der Waals surface area (Å²) in [6, 6.07) is 22.5. The van der Waals surface area contributed by atoms with Gasteiger partial charge in [0.1, 0.15) is 11.6 Å². The fourth-order valence-corrected chi connectivity index (χ4v) is 3.93. The third-order valence-electron chi connectivity index (χ3n) is 5.15. The van der Waals surface area contributed by atoms with Crippen LogP contribution in [0.1, 0.15) is 5.69 Å². The van der Waals surface area contributed by atoms with Crippen LogP contribution in [-0.4, -0.2) is 26.2 Å². The second-order valence-electron chi connectivity index (χ2n) is 7.26. The van der Waals surface area contributed by atoms with Crippen LogP contribution < -0.4 is 5.32 Å². The average Bonchev–Trinajstić information content (AvgIpc) is 3.28. The lowest BCUT2D eigenvalue weighted by molar-refractivity contribution is 0.628. The van der Waals surface area contributed by atoms with Crippen LogP contribution >= 0.6 is 11.8 Å². The number of thioether (sulfide) groups is 1. The van der Waals surface area contributed by atoms with Crippen LogP contribution in [-0.2, 0) is 6.54 Å². The summed E-state index contributed by atoms with van der Waals surface area (Å²) in [7, 11) is 0. The Morgan fingerprint density at radius 3 is 2.62 bits per heavy atom. The van der Waals surface area contributed by atoms with Crippen molar-refractivity contribution in [2.24, 2.45) is 0 Å². The molecule has 0 spiro atoms. The van der Waals surface area contributed by atoms with Crippen LogP contribution in [0.4, 0.5) is 10.2 Å². The topological polar surface area (TPSA) is 66.5 Å². The number of nitrogens with zero attached hydrogens (tertiary/aromatic N) is 3. The highest BCUT2D eigenvalue weighted by atomic mass is 32.2. The zero-order valence-corrected chi connectivity index (χ0v) is 18.2. The number of imidazole rings is 1. The molecule has 5 aromatic rings. The van der Waals surface area contributed by atoms with Crippen molar-refractivity contribution in [2.45, 2.75) is 11.7 Å². The van der Waals surface area contributed by atoms with E-state index in [9.17, 15) is 4.39 Å². The van der Waals surface area contributed by atoms with Crippen LogP contribution in [0.15, 0.2) is 84.1 Å². The van der Waals surface area contributed by atoms with Crippen molar-refractivity contribution in [3.05, 3.63) is 90.5 Å². The van der Waals surface area contributed by atoms with Gasteiger partial charge in [0, 0.05) is 22.7 Å². The highest BCUT2D eigenvalue weighted by Gasteiger charge is 2.15. The van der Waals surface area contributed by atoms with Gasteiger partial charge in [0.05, 0.1) is 29.1 Å². The Morgan fingerprint density at radius 1 is 0.938 bits per heavy atom. The standard InChI is InChI=1S/C25H20FN5S/c1-32-25-30-23(17-6-9-19(26)10-7-17)24(31-25)18-12-13-27-22(14-18)28-15-20-11-8-16-4-2-3-5-21(16)29-20/h2-14H,15H2,1H3,(H,27,28)(H,30,31). The normalized spacial score (nSPS) is 11.1. The number of anilines is 1. The quantitative estimate of drug-likeness (QED) is 0.309. The molecule has 158 valence electrons. The fourth-order valence-electron chi connectivity index (χ4n) is 3.54. The maximum Gasteiger partial charge on any atom is 0.166 e. The van der Waals surface area contributed by atoms with E-state index >= 15 is 0 Å². The SMILES string of the molecule is CSc1nc(-c2ccnc(NCc3ccc4ccccc4n3)c2)c(-c2ccc(F)cc2)[nH]1. The Hall–Kier alpha value is -3.71. The van der Waals surface area contributed by atoms with Gasteiger partial charge in [0.2, 0.25) is 0 Å². The van der Waals surface area contributed by atoms with Crippen molar-refractivity contribution >= 4 is 28.5 Å². The Morgan fingerprint density at radius 2 is 1.78 bits per heavy atom. The van der Waals surface area contributed by atoms with Crippen molar-refractivity contribution < 1.29 is 4.39 Å². The van der Waals surface area contributed by atoms with E-state index in [1.54, 1.807) is 18.3 Å². The molecule has 32 heavy (non-hydrogen) atoms. The molecular formula is C25H20FN5S. The van der Waals surface area contributed by atoms with Crippen molar-refractivity contribution in [1.82, 2.24) is 19.9 Å². The van der Waals surface area contributed by atoms with Crippen LogP contribution in [0, 0.1) is 5.82 Å². The van der Waals surface area contributed by atoms with Crippen molar-refractivity contribution in [3.8, 4) is 22.5 Å². The molecule has 3 aromatic heterocycles. The number of hydrogen-bond donors (Lipinski definition) is 2. The second kappa shape index (κ2) is 8.80. The number of halogens is 1. The summed E-state index contributed by atoms with van der Waals surface area (Å²) in [5.74, 6) is 0.466. The molecule has 5 rings (SSSR count). The lowest BCUT2D eigenvalue weighted by Gasteiger charge is -2.08. The number of hydrogen-bond acceptors (Lipinski definition) is 5. The molecule has 2 N–H and O–H groups in total. The summed E-state index contributed by atoms with van der Waals surface area (Å²) >= 11 is 1.53. The number of fused-ring (bicyclic) bond motifs is 1. The first-order valence-corrected chi connectivity index (χ1v) is 11.4. The van der Waals surface area contributed by atoms with Crippen molar-refractivity contribution in [1.29, 1.82) is 0 Å². The Bertz CT molecular complexity index is 1380. The maximum absolute atomic E-state index is 13.4. The van der Waals surface area contributed by atoms with Crippen molar-refractivity contribution in [3.63, 3.8) is 0 Å². The summed E-state index contributed by atoms with van der Waals surface area (Å²) in [5.41, 5.74) is 5.36. The molecule has 0 atom stereocenters. The Labute approximate surface area is 189 Å². The average molecular weight is 442 g/mol. The Balaban J connectivity index is 1.42. The molecule has 7 heteroatoms. The highest BCUT2D eigenvalue weighted by Crippen LogP contribution is 2.33. The van der Waals surface area contributed by atoms with Crippen molar-refractivity contribution in [2.75, 3.05) is 11.6 Å². The van der Waals surface area contributed by atoms with Crippen LogP contribution in [0.5, 0.6) is 0 Å². The van der Waals surface area contributed by atoms with E-state index in [0.717, 1.165) is 50.1 Å². The third-order valence-corrected chi connectivity index (χ3v) is 5.73. The molecule has 2 aromatic carbocycles. The van der Waals surface area contributed by atoms with E-state index < -0.39 is 0 Å². The van der Waals surface area contributed by atoms with Gasteiger partial charge in [0.25, 0.3) is 0 Å². The zero-order valence-electron chi connectivity index (χ0n) is 17.3. The summed E-state index contributed by atoms with van der Waals surface area (Å²) < 4.78 is 13.4. The van der Waals surface area contributed by atoms with Gasteiger partial charge < -0.3 is 10.3 Å². The minimum absolute atomic E-state index is 0.266. The Kier molecular flexibility index (Phi) is 5.56. The lowest BCUT2D eigenvalue weighted by atomic mass is 10.1. The van der Waals surface area contributed by atoms with Gasteiger partial charge in [-0.15, -0.1) is 0 Å². The first kappa shape index (κ1) is 20.2. The zero-order chi connectivity index (χ0) is 21.9. The number of H-pyrrole nitrogens is 1. The molecule has 0 unspecified atom stereocenters. The van der Waals surface area contributed by atoms with Crippen LogP contribution in [0.25, 0.3) is 33.4 Å². The summed E-state index contributed by atoms with van der Waals surface area (Å²) in [6.45, 7) is 0.558. The van der Waals surface area contributed by atoms with Crippen LogP contribution in [0.3, 0.4) is 0 Å². The molecule has 0 bridgehead atoms. The van der Waals surface area contributed by atoms with E-state index in [1.807, 2.05) is 42.7 Å². The summed E-state index contributed by atoms with van der Waals surface area (Å²) in [6.07, 6.45) is 3.72.